The topological polar surface area (TPSA) is 82.3 Å². The van der Waals surface area contributed by atoms with E-state index in [1.165, 1.54) is 23.8 Å². The molecule has 1 aromatic heterocycles. The molecule has 0 unspecified atom stereocenters. The van der Waals surface area contributed by atoms with Crippen LogP contribution in [0.2, 0.25) is 0 Å². The summed E-state index contributed by atoms with van der Waals surface area (Å²) in [6.45, 7) is 3.52. The molecule has 2 aromatic rings. The van der Waals surface area contributed by atoms with Crippen LogP contribution >= 0.6 is 11.3 Å². The number of esters is 1. The van der Waals surface area contributed by atoms with Gasteiger partial charge in [-0.2, -0.15) is 0 Å². The fraction of sp³-hybridized carbons (Fsp3) is 0.267. The van der Waals surface area contributed by atoms with Gasteiger partial charge in [0, 0.05) is 10.9 Å². The lowest BCUT2D eigenvalue weighted by Crippen LogP contribution is -2.30. The second kappa shape index (κ2) is 6.49. The van der Waals surface area contributed by atoms with Gasteiger partial charge in [0.05, 0.1) is 0 Å². The largest absolute Gasteiger partial charge is 0.448 e. The maximum absolute atomic E-state index is 11.8. The Hall–Kier alpha value is -2.21. The van der Waals surface area contributed by atoms with Gasteiger partial charge < -0.3 is 10.5 Å². The standard InChI is InChI=1S/C15H16N2O3S/c1-3-10-4-6-11(7-5-10)14-17-12(8-21-14)15(19)20-9(2)13(16)18/h4-9H,3H2,1-2H3,(H2,16,18)/t9-/m0/s1. The SMILES string of the molecule is CCc1ccc(-c2nc(C(=O)O[C@@H](C)C(N)=O)cs2)cc1. The molecule has 6 heteroatoms. The summed E-state index contributed by atoms with van der Waals surface area (Å²) in [5.74, 6) is -1.33. The highest BCUT2D eigenvalue weighted by Gasteiger charge is 2.19. The average molecular weight is 304 g/mol. The molecule has 1 amide bonds. The number of benzene rings is 1. The number of primary amides is 1. The van der Waals surface area contributed by atoms with E-state index < -0.39 is 18.0 Å². The molecular weight excluding hydrogens is 288 g/mol. The van der Waals surface area contributed by atoms with Crippen LogP contribution in [-0.4, -0.2) is 23.0 Å². The van der Waals surface area contributed by atoms with Gasteiger partial charge in [0.2, 0.25) is 0 Å². The first-order valence-electron chi connectivity index (χ1n) is 6.56. The number of aryl methyl sites for hydroxylation is 1. The molecule has 0 spiro atoms. The Morgan fingerprint density at radius 3 is 2.57 bits per heavy atom. The lowest BCUT2D eigenvalue weighted by atomic mass is 10.1. The number of hydrogen-bond acceptors (Lipinski definition) is 5. The molecule has 0 aliphatic heterocycles. The summed E-state index contributed by atoms with van der Waals surface area (Å²) in [6, 6.07) is 8.01. The minimum atomic E-state index is -0.966. The smallest absolute Gasteiger partial charge is 0.358 e. The third kappa shape index (κ3) is 3.66. The number of carbonyl (C=O) groups is 2. The van der Waals surface area contributed by atoms with Crippen LogP contribution in [0.1, 0.15) is 29.9 Å². The van der Waals surface area contributed by atoms with Crippen LogP contribution in [0.15, 0.2) is 29.6 Å². The third-order valence-corrected chi connectivity index (χ3v) is 3.90. The van der Waals surface area contributed by atoms with Crippen molar-refractivity contribution in [3.05, 3.63) is 40.9 Å². The Kier molecular flexibility index (Phi) is 4.70. The molecule has 0 radical (unpaired) electrons. The van der Waals surface area contributed by atoms with E-state index in [9.17, 15) is 9.59 Å². The molecule has 1 aromatic carbocycles. The van der Waals surface area contributed by atoms with E-state index in [1.54, 1.807) is 5.38 Å². The van der Waals surface area contributed by atoms with Crippen molar-refractivity contribution < 1.29 is 14.3 Å². The molecule has 0 aliphatic carbocycles. The quantitative estimate of drug-likeness (QED) is 0.860. The molecule has 2 rings (SSSR count). The summed E-state index contributed by atoms with van der Waals surface area (Å²) < 4.78 is 4.91. The number of aromatic nitrogens is 1. The predicted molar refractivity (Wildman–Crippen MR) is 81.0 cm³/mol. The van der Waals surface area contributed by atoms with Gasteiger partial charge in [-0.25, -0.2) is 9.78 Å². The number of hydrogen-bond donors (Lipinski definition) is 1. The molecule has 21 heavy (non-hydrogen) atoms. The van der Waals surface area contributed by atoms with E-state index in [-0.39, 0.29) is 5.69 Å². The molecule has 0 saturated carbocycles. The highest BCUT2D eigenvalue weighted by atomic mass is 32.1. The summed E-state index contributed by atoms with van der Waals surface area (Å²) in [5.41, 5.74) is 7.42. The number of ether oxygens (including phenoxy) is 1. The van der Waals surface area contributed by atoms with Crippen molar-refractivity contribution in [3.63, 3.8) is 0 Å². The van der Waals surface area contributed by atoms with Crippen molar-refractivity contribution in [3.8, 4) is 10.6 Å². The van der Waals surface area contributed by atoms with Crippen LogP contribution in [0.25, 0.3) is 10.6 Å². The first-order valence-corrected chi connectivity index (χ1v) is 7.44. The van der Waals surface area contributed by atoms with Crippen LogP contribution in [0.3, 0.4) is 0 Å². The maximum atomic E-state index is 11.8. The van der Waals surface area contributed by atoms with Gasteiger partial charge in [0.15, 0.2) is 11.8 Å². The third-order valence-electron chi connectivity index (χ3n) is 3.01. The monoisotopic (exact) mass is 304 g/mol. The van der Waals surface area contributed by atoms with E-state index in [2.05, 4.69) is 11.9 Å². The minimum Gasteiger partial charge on any atom is -0.448 e. The summed E-state index contributed by atoms with van der Waals surface area (Å²) in [5, 5.41) is 2.34. The van der Waals surface area contributed by atoms with Crippen molar-refractivity contribution in [2.24, 2.45) is 5.73 Å². The average Bonchev–Trinajstić information content (AvgIpc) is 2.97. The van der Waals surface area contributed by atoms with Gasteiger partial charge in [0.1, 0.15) is 5.01 Å². The number of rotatable bonds is 5. The van der Waals surface area contributed by atoms with Crippen LogP contribution < -0.4 is 5.73 Å². The molecule has 0 fully saturated rings. The molecule has 1 heterocycles. The number of amides is 1. The molecule has 2 N–H and O–H groups in total. The van der Waals surface area contributed by atoms with Crippen molar-refractivity contribution in [1.82, 2.24) is 4.98 Å². The van der Waals surface area contributed by atoms with Crippen LogP contribution in [0, 0.1) is 0 Å². The van der Waals surface area contributed by atoms with Gasteiger partial charge in [-0.15, -0.1) is 11.3 Å². The van der Waals surface area contributed by atoms with E-state index in [1.807, 2.05) is 24.3 Å². The fourth-order valence-corrected chi connectivity index (χ4v) is 2.46. The predicted octanol–water partition coefficient (Wildman–Crippen LogP) is 2.40. The summed E-state index contributed by atoms with van der Waals surface area (Å²) in [4.78, 5) is 26.9. The van der Waals surface area contributed by atoms with Gasteiger partial charge >= 0.3 is 5.97 Å². The van der Waals surface area contributed by atoms with E-state index in [0.29, 0.717) is 0 Å². The van der Waals surface area contributed by atoms with E-state index >= 15 is 0 Å². The Morgan fingerprint density at radius 1 is 1.33 bits per heavy atom. The highest BCUT2D eigenvalue weighted by Crippen LogP contribution is 2.24. The molecular formula is C15H16N2O3S. The molecule has 0 saturated heterocycles. The van der Waals surface area contributed by atoms with E-state index in [0.717, 1.165) is 17.0 Å². The molecule has 110 valence electrons. The second-order valence-electron chi connectivity index (χ2n) is 4.54. The second-order valence-corrected chi connectivity index (χ2v) is 5.40. The Balaban J connectivity index is 2.13. The zero-order valence-corrected chi connectivity index (χ0v) is 12.6. The zero-order valence-electron chi connectivity index (χ0n) is 11.8. The molecule has 0 bridgehead atoms. The highest BCUT2D eigenvalue weighted by molar-refractivity contribution is 7.13. The van der Waals surface area contributed by atoms with Gasteiger partial charge in [0.25, 0.3) is 5.91 Å². The fourth-order valence-electron chi connectivity index (χ4n) is 1.66. The minimum absolute atomic E-state index is 0.183. The molecule has 1 atom stereocenters. The number of nitrogens with zero attached hydrogens (tertiary/aromatic N) is 1. The van der Waals surface area contributed by atoms with Crippen LogP contribution in [0.4, 0.5) is 0 Å². The summed E-state index contributed by atoms with van der Waals surface area (Å²) >= 11 is 1.35. The summed E-state index contributed by atoms with van der Waals surface area (Å²) in [7, 11) is 0. The van der Waals surface area contributed by atoms with Crippen molar-refractivity contribution in [1.29, 1.82) is 0 Å². The van der Waals surface area contributed by atoms with Gasteiger partial charge in [-0.3, -0.25) is 4.79 Å². The Labute approximate surface area is 126 Å². The van der Waals surface area contributed by atoms with Crippen LogP contribution in [0.5, 0.6) is 0 Å². The normalized spacial score (nSPS) is 11.9. The Morgan fingerprint density at radius 2 is 2.00 bits per heavy atom. The first-order chi connectivity index (χ1) is 10.0. The number of carbonyl (C=O) groups excluding carboxylic acids is 2. The number of nitrogens with two attached hydrogens (primary N) is 1. The van der Waals surface area contributed by atoms with E-state index in [4.69, 9.17) is 10.5 Å². The summed E-state index contributed by atoms with van der Waals surface area (Å²) in [6.07, 6.45) is 0.00673. The maximum Gasteiger partial charge on any atom is 0.358 e. The molecule has 5 nitrogen and oxygen atoms in total. The Bertz CT molecular complexity index is 649. The van der Waals surface area contributed by atoms with Crippen molar-refractivity contribution in [2.75, 3.05) is 0 Å². The molecule has 0 aliphatic rings. The zero-order chi connectivity index (χ0) is 15.4. The first kappa shape index (κ1) is 15.2. The van der Waals surface area contributed by atoms with Crippen molar-refractivity contribution in [2.45, 2.75) is 26.4 Å². The van der Waals surface area contributed by atoms with Crippen LogP contribution in [-0.2, 0) is 16.0 Å². The van der Waals surface area contributed by atoms with Gasteiger partial charge in [-0.05, 0) is 18.9 Å². The van der Waals surface area contributed by atoms with Gasteiger partial charge in [-0.1, -0.05) is 31.2 Å². The van der Waals surface area contributed by atoms with Crippen molar-refractivity contribution >= 4 is 23.2 Å². The lowest BCUT2D eigenvalue weighted by Gasteiger charge is -2.07. The number of thiazole rings is 1. The lowest BCUT2D eigenvalue weighted by molar-refractivity contribution is -0.125.